The van der Waals surface area contributed by atoms with Gasteiger partial charge in [0.05, 0.1) is 20.8 Å². The molecule has 0 spiro atoms. The summed E-state index contributed by atoms with van der Waals surface area (Å²) in [5.74, 6) is -0.576. The third-order valence-corrected chi connectivity index (χ3v) is 2.99. The summed E-state index contributed by atoms with van der Waals surface area (Å²) in [6.07, 6.45) is 1.37. The zero-order chi connectivity index (χ0) is 9.30. The van der Waals surface area contributed by atoms with E-state index in [4.69, 9.17) is 17.3 Å². The van der Waals surface area contributed by atoms with Crippen molar-refractivity contribution in [1.29, 1.82) is 0 Å². The van der Waals surface area contributed by atoms with Crippen molar-refractivity contribution in [1.82, 2.24) is 4.98 Å². The molecule has 0 aliphatic rings. The Hall–Kier alpha value is -0.610. The summed E-state index contributed by atoms with van der Waals surface area (Å²) >= 11 is 9.00. The molecule has 1 rings (SSSR count). The van der Waals surface area contributed by atoms with Gasteiger partial charge in [-0.05, 0) is 22.9 Å². The third-order valence-electron chi connectivity index (χ3n) is 1.40. The van der Waals surface area contributed by atoms with Gasteiger partial charge < -0.3 is 5.73 Å². The second-order valence-corrected chi connectivity index (χ2v) is 3.42. The summed E-state index contributed by atoms with van der Waals surface area (Å²) in [7, 11) is 0. The summed E-state index contributed by atoms with van der Waals surface area (Å²) in [5, 5.41) is 0.315. The first-order valence-corrected chi connectivity index (χ1v) is 4.31. The normalized spacial score (nSPS) is 9.92. The number of aromatic nitrogens is 1. The number of amides is 1. The average Bonchev–Trinajstić information content (AvgIpc) is 2.00. The highest BCUT2D eigenvalue weighted by molar-refractivity contribution is 9.10. The van der Waals surface area contributed by atoms with Crippen LogP contribution in [0, 0.1) is 6.92 Å². The first-order valence-electron chi connectivity index (χ1n) is 3.14. The number of carbonyl (C=O) groups is 1. The van der Waals surface area contributed by atoms with Crippen molar-refractivity contribution in [3.05, 3.63) is 26.9 Å². The second kappa shape index (κ2) is 3.41. The van der Waals surface area contributed by atoms with E-state index in [1.807, 2.05) is 0 Å². The van der Waals surface area contributed by atoms with Gasteiger partial charge in [0.15, 0.2) is 0 Å². The van der Waals surface area contributed by atoms with Crippen LogP contribution in [-0.2, 0) is 0 Å². The first-order chi connectivity index (χ1) is 5.54. The molecule has 1 aromatic rings. The van der Waals surface area contributed by atoms with Gasteiger partial charge in [0, 0.05) is 6.20 Å². The smallest absolute Gasteiger partial charge is 0.251 e. The fraction of sp³-hybridized carbons (Fsp3) is 0.143. The fourth-order valence-corrected chi connectivity index (χ4v) is 1.32. The van der Waals surface area contributed by atoms with Crippen LogP contribution in [0.15, 0.2) is 10.7 Å². The first kappa shape index (κ1) is 9.48. The maximum Gasteiger partial charge on any atom is 0.251 e. The van der Waals surface area contributed by atoms with Crippen molar-refractivity contribution in [2.24, 2.45) is 5.73 Å². The van der Waals surface area contributed by atoms with Crippen LogP contribution in [0.2, 0.25) is 5.02 Å². The van der Waals surface area contributed by atoms with Crippen LogP contribution in [0.25, 0.3) is 0 Å². The van der Waals surface area contributed by atoms with Crippen molar-refractivity contribution in [3.8, 4) is 0 Å². The molecular formula is C7H6BrClN2O. The standard InChI is InChI=1S/C7H6BrClN2O/c1-3-5(8)6(9)4(2-11-3)7(10)12/h2H,1H3,(H2,10,12). The number of nitrogens with zero attached hydrogens (tertiary/aromatic N) is 1. The monoisotopic (exact) mass is 248 g/mol. The van der Waals surface area contributed by atoms with Crippen LogP contribution in [0.3, 0.4) is 0 Å². The number of primary amides is 1. The SMILES string of the molecule is Cc1ncc(C(N)=O)c(Cl)c1Br. The Morgan fingerprint density at radius 3 is 2.83 bits per heavy atom. The number of halogens is 2. The van der Waals surface area contributed by atoms with Gasteiger partial charge in [-0.2, -0.15) is 0 Å². The summed E-state index contributed by atoms with van der Waals surface area (Å²) in [4.78, 5) is 14.7. The topological polar surface area (TPSA) is 56.0 Å². The molecule has 2 N–H and O–H groups in total. The summed E-state index contributed by atoms with van der Waals surface area (Å²) in [6, 6.07) is 0. The zero-order valence-electron chi connectivity index (χ0n) is 6.27. The molecular weight excluding hydrogens is 243 g/mol. The minimum absolute atomic E-state index is 0.231. The molecule has 0 bridgehead atoms. The Morgan fingerprint density at radius 2 is 2.33 bits per heavy atom. The minimum Gasteiger partial charge on any atom is -0.366 e. The van der Waals surface area contributed by atoms with Gasteiger partial charge in [0.2, 0.25) is 0 Å². The lowest BCUT2D eigenvalue weighted by molar-refractivity contribution is 0.1000. The van der Waals surface area contributed by atoms with E-state index in [1.54, 1.807) is 6.92 Å². The third kappa shape index (κ3) is 1.59. The quantitative estimate of drug-likeness (QED) is 0.826. The minimum atomic E-state index is -0.576. The van der Waals surface area contributed by atoms with Crippen molar-refractivity contribution in [2.75, 3.05) is 0 Å². The molecule has 5 heteroatoms. The van der Waals surface area contributed by atoms with Gasteiger partial charge in [-0.1, -0.05) is 11.6 Å². The lowest BCUT2D eigenvalue weighted by Crippen LogP contribution is -2.12. The van der Waals surface area contributed by atoms with Crippen molar-refractivity contribution in [2.45, 2.75) is 6.92 Å². The molecule has 0 radical (unpaired) electrons. The fourth-order valence-electron chi connectivity index (χ4n) is 0.724. The van der Waals surface area contributed by atoms with E-state index in [1.165, 1.54) is 6.20 Å². The van der Waals surface area contributed by atoms with Crippen LogP contribution in [-0.4, -0.2) is 10.9 Å². The highest BCUT2D eigenvalue weighted by atomic mass is 79.9. The molecule has 0 saturated carbocycles. The number of rotatable bonds is 1. The van der Waals surface area contributed by atoms with Crippen LogP contribution in [0.4, 0.5) is 0 Å². The molecule has 12 heavy (non-hydrogen) atoms. The van der Waals surface area contributed by atoms with E-state index in [-0.39, 0.29) is 5.56 Å². The Kier molecular flexibility index (Phi) is 2.69. The summed E-state index contributed by atoms with van der Waals surface area (Å²) < 4.78 is 0.612. The number of carbonyl (C=O) groups excluding carboxylic acids is 1. The van der Waals surface area contributed by atoms with Gasteiger partial charge in [-0.25, -0.2) is 0 Å². The van der Waals surface area contributed by atoms with E-state index >= 15 is 0 Å². The Bertz CT molecular complexity index is 340. The number of aryl methyl sites for hydroxylation is 1. The van der Waals surface area contributed by atoms with Crippen LogP contribution >= 0.6 is 27.5 Å². The van der Waals surface area contributed by atoms with E-state index in [0.29, 0.717) is 9.50 Å². The van der Waals surface area contributed by atoms with E-state index in [2.05, 4.69) is 20.9 Å². The van der Waals surface area contributed by atoms with Crippen molar-refractivity contribution < 1.29 is 4.79 Å². The number of pyridine rings is 1. The van der Waals surface area contributed by atoms with Gasteiger partial charge >= 0.3 is 0 Å². The molecule has 0 fully saturated rings. The van der Waals surface area contributed by atoms with Crippen LogP contribution in [0.1, 0.15) is 16.1 Å². The Morgan fingerprint density at radius 1 is 1.75 bits per heavy atom. The molecule has 0 atom stereocenters. The maximum absolute atomic E-state index is 10.8. The van der Waals surface area contributed by atoms with Gasteiger partial charge in [-0.15, -0.1) is 0 Å². The molecule has 0 aromatic carbocycles. The van der Waals surface area contributed by atoms with Crippen molar-refractivity contribution >= 4 is 33.4 Å². The van der Waals surface area contributed by atoms with Gasteiger partial charge in [-0.3, -0.25) is 9.78 Å². The molecule has 0 aliphatic carbocycles. The van der Waals surface area contributed by atoms with E-state index in [9.17, 15) is 4.79 Å². The molecule has 1 heterocycles. The predicted molar refractivity (Wildman–Crippen MR) is 50.2 cm³/mol. The van der Waals surface area contributed by atoms with Crippen LogP contribution in [0.5, 0.6) is 0 Å². The summed E-state index contributed by atoms with van der Waals surface area (Å²) in [6.45, 7) is 1.78. The highest BCUT2D eigenvalue weighted by Gasteiger charge is 2.11. The number of hydrogen-bond donors (Lipinski definition) is 1. The molecule has 0 unspecified atom stereocenters. The second-order valence-electron chi connectivity index (χ2n) is 2.25. The van der Waals surface area contributed by atoms with Gasteiger partial charge in [0.25, 0.3) is 5.91 Å². The average molecular weight is 249 g/mol. The molecule has 0 aliphatic heterocycles. The van der Waals surface area contributed by atoms with E-state index in [0.717, 1.165) is 5.69 Å². The molecule has 1 amide bonds. The van der Waals surface area contributed by atoms with Crippen LogP contribution < -0.4 is 5.73 Å². The summed E-state index contributed by atoms with van der Waals surface area (Å²) in [5.41, 5.74) is 6.01. The van der Waals surface area contributed by atoms with Gasteiger partial charge in [0.1, 0.15) is 0 Å². The number of nitrogens with two attached hydrogens (primary N) is 1. The molecule has 3 nitrogen and oxygen atoms in total. The zero-order valence-corrected chi connectivity index (χ0v) is 8.61. The maximum atomic E-state index is 10.8. The molecule has 0 saturated heterocycles. The number of hydrogen-bond acceptors (Lipinski definition) is 2. The Balaban J connectivity index is 3.36. The molecule has 1 aromatic heterocycles. The molecule has 64 valence electrons. The largest absolute Gasteiger partial charge is 0.366 e. The predicted octanol–water partition coefficient (Wildman–Crippen LogP) is 1.90. The van der Waals surface area contributed by atoms with E-state index < -0.39 is 5.91 Å². The highest BCUT2D eigenvalue weighted by Crippen LogP contribution is 2.27. The lowest BCUT2D eigenvalue weighted by Gasteiger charge is -2.03. The lowest BCUT2D eigenvalue weighted by atomic mass is 10.2. The van der Waals surface area contributed by atoms with Crippen molar-refractivity contribution in [3.63, 3.8) is 0 Å². The Labute approximate surface area is 83.1 Å².